The highest BCUT2D eigenvalue weighted by Crippen LogP contribution is 2.39. The highest BCUT2D eigenvalue weighted by molar-refractivity contribution is 7.33. The summed E-state index contributed by atoms with van der Waals surface area (Å²) in [4.78, 5) is 26.7. The van der Waals surface area contributed by atoms with Gasteiger partial charge in [-0.25, -0.2) is 0 Å². The van der Waals surface area contributed by atoms with Gasteiger partial charge in [0.05, 0.1) is 15.5 Å². The van der Waals surface area contributed by atoms with E-state index in [4.69, 9.17) is 5.73 Å². The molecule has 23 heavy (non-hydrogen) atoms. The van der Waals surface area contributed by atoms with Gasteiger partial charge in [0.2, 0.25) is 5.91 Å². The van der Waals surface area contributed by atoms with Crippen LogP contribution in [0.2, 0.25) is 0 Å². The molecule has 2 aromatic heterocycles. The summed E-state index contributed by atoms with van der Waals surface area (Å²) in [5, 5.41) is 1.21. The standard InChI is InChI=1S/C17H16N2O2S2/c18-16(20)10-4-3-7-19(9-10)17(21)14-8-13-15(23-14)11-5-1-2-6-12(11)22-13/h1-2,5-6,8,10H,3-4,7,9H2,(H2,18,20). The Balaban J connectivity index is 1.65. The number of hydrogen-bond acceptors (Lipinski definition) is 4. The number of fused-ring (bicyclic) bond motifs is 3. The molecule has 2 N–H and O–H groups in total. The molecule has 3 heterocycles. The molecule has 1 atom stereocenters. The normalized spacial score (nSPS) is 18.6. The first-order chi connectivity index (χ1) is 11.1. The lowest BCUT2D eigenvalue weighted by molar-refractivity contribution is -0.123. The molecule has 0 aliphatic carbocycles. The third-order valence-electron chi connectivity index (χ3n) is 4.37. The summed E-state index contributed by atoms with van der Waals surface area (Å²) in [7, 11) is 0. The molecular weight excluding hydrogens is 328 g/mol. The molecule has 0 spiro atoms. The van der Waals surface area contributed by atoms with E-state index in [-0.39, 0.29) is 17.7 Å². The Hall–Kier alpha value is -1.92. The molecule has 4 rings (SSSR count). The molecule has 2 amide bonds. The van der Waals surface area contributed by atoms with Gasteiger partial charge in [0.15, 0.2) is 0 Å². The number of nitrogens with zero attached hydrogens (tertiary/aromatic N) is 1. The maximum absolute atomic E-state index is 12.8. The van der Waals surface area contributed by atoms with Gasteiger partial charge in [-0.3, -0.25) is 9.59 Å². The second kappa shape index (κ2) is 5.62. The van der Waals surface area contributed by atoms with E-state index in [9.17, 15) is 9.59 Å². The number of likely N-dealkylation sites (tertiary alicyclic amines) is 1. The quantitative estimate of drug-likeness (QED) is 0.774. The van der Waals surface area contributed by atoms with Crippen molar-refractivity contribution in [1.82, 2.24) is 4.90 Å². The monoisotopic (exact) mass is 344 g/mol. The second-order valence-electron chi connectivity index (χ2n) is 5.89. The summed E-state index contributed by atoms with van der Waals surface area (Å²) in [6, 6.07) is 10.3. The smallest absolute Gasteiger partial charge is 0.264 e. The molecule has 118 valence electrons. The van der Waals surface area contributed by atoms with E-state index in [1.807, 2.05) is 18.2 Å². The Bertz CT molecular complexity index is 912. The van der Waals surface area contributed by atoms with Crippen molar-refractivity contribution in [1.29, 1.82) is 0 Å². The Morgan fingerprint density at radius 1 is 1.17 bits per heavy atom. The molecule has 3 aromatic rings. The van der Waals surface area contributed by atoms with Crippen LogP contribution in [0.3, 0.4) is 0 Å². The number of amides is 2. The summed E-state index contributed by atoms with van der Waals surface area (Å²) >= 11 is 3.27. The minimum absolute atomic E-state index is 0.0217. The van der Waals surface area contributed by atoms with Crippen LogP contribution in [0.5, 0.6) is 0 Å². The first-order valence-electron chi connectivity index (χ1n) is 7.63. The van der Waals surface area contributed by atoms with Crippen LogP contribution >= 0.6 is 22.7 Å². The van der Waals surface area contributed by atoms with Gasteiger partial charge in [-0.15, -0.1) is 22.7 Å². The Morgan fingerprint density at radius 2 is 2.00 bits per heavy atom. The average molecular weight is 344 g/mol. The Morgan fingerprint density at radius 3 is 2.83 bits per heavy atom. The predicted molar refractivity (Wildman–Crippen MR) is 95.0 cm³/mol. The fraction of sp³-hybridized carbons (Fsp3) is 0.294. The van der Waals surface area contributed by atoms with Crippen molar-refractivity contribution in [3.05, 3.63) is 35.2 Å². The van der Waals surface area contributed by atoms with E-state index in [1.54, 1.807) is 27.6 Å². The van der Waals surface area contributed by atoms with Crippen molar-refractivity contribution in [2.45, 2.75) is 12.8 Å². The number of hydrogen-bond donors (Lipinski definition) is 1. The molecule has 1 unspecified atom stereocenters. The number of benzene rings is 1. The Labute approximate surface area is 141 Å². The van der Waals surface area contributed by atoms with Gasteiger partial charge in [0.25, 0.3) is 5.91 Å². The van der Waals surface area contributed by atoms with Crippen LogP contribution in [-0.4, -0.2) is 29.8 Å². The first kappa shape index (κ1) is 14.7. The fourth-order valence-corrected chi connectivity index (χ4v) is 5.65. The van der Waals surface area contributed by atoms with Crippen LogP contribution in [0, 0.1) is 5.92 Å². The van der Waals surface area contributed by atoms with Crippen LogP contribution in [-0.2, 0) is 4.79 Å². The number of primary amides is 1. The van der Waals surface area contributed by atoms with Gasteiger partial charge in [-0.2, -0.15) is 0 Å². The van der Waals surface area contributed by atoms with Gasteiger partial charge < -0.3 is 10.6 Å². The minimum Gasteiger partial charge on any atom is -0.369 e. The summed E-state index contributed by atoms with van der Waals surface area (Å²) in [5.41, 5.74) is 5.40. The predicted octanol–water partition coefficient (Wildman–Crippen LogP) is 3.45. The third kappa shape index (κ3) is 2.52. The van der Waals surface area contributed by atoms with Gasteiger partial charge in [-0.1, -0.05) is 18.2 Å². The number of carbonyl (C=O) groups excluding carboxylic acids is 2. The van der Waals surface area contributed by atoms with E-state index in [0.717, 1.165) is 22.4 Å². The molecule has 1 aliphatic rings. The van der Waals surface area contributed by atoms with Crippen LogP contribution in [0.4, 0.5) is 0 Å². The van der Waals surface area contributed by atoms with Crippen LogP contribution in [0.25, 0.3) is 19.5 Å². The van der Waals surface area contributed by atoms with Gasteiger partial charge in [0, 0.05) is 27.9 Å². The molecular formula is C17H16N2O2S2. The lowest BCUT2D eigenvalue weighted by atomic mass is 9.97. The molecule has 0 radical (unpaired) electrons. The summed E-state index contributed by atoms with van der Waals surface area (Å²) < 4.78 is 3.58. The maximum Gasteiger partial charge on any atom is 0.264 e. The lowest BCUT2D eigenvalue weighted by Gasteiger charge is -2.30. The molecule has 6 heteroatoms. The molecule has 4 nitrogen and oxygen atoms in total. The van der Waals surface area contributed by atoms with Crippen molar-refractivity contribution in [3.63, 3.8) is 0 Å². The van der Waals surface area contributed by atoms with Crippen molar-refractivity contribution < 1.29 is 9.59 Å². The Kier molecular flexibility index (Phi) is 3.58. The van der Waals surface area contributed by atoms with Crippen LogP contribution in [0.1, 0.15) is 22.5 Å². The largest absolute Gasteiger partial charge is 0.369 e. The van der Waals surface area contributed by atoms with Gasteiger partial charge in [0.1, 0.15) is 0 Å². The van der Waals surface area contributed by atoms with E-state index < -0.39 is 0 Å². The van der Waals surface area contributed by atoms with E-state index in [0.29, 0.717) is 13.1 Å². The molecule has 1 aromatic carbocycles. The zero-order valence-corrected chi connectivity index (χ0v) is 14.1. The fourth-order valence-electron chi connectivity index (χ4n) is 3.15. The van der Waals surface area contributed by atoms with Gasteiger partial charge in [-0.05, 0) is 25.0 Å². The summed E-state index contributed by atoms with van der Waals surface area (Å²) in [5.74, 6) is -0.497. The minimum atomic E-state index is -0.305. The van der Waals surface area contributed by atoms with Crippen molar-refractivity contribution in [2.24, 2.45) is 11.7 Å². The number of nitrogens with two attached hydrogens (primary N) is 1. The summed E-state index contributed by atoms with van der Waals surface area (Å²) in [6.07, 6.45) is 1.62. The molecule has 0 bridgehead atoms. The molecule has 1 fully saturated rings. The van der Waals surface area contributed by atoms with Crippen molar-refractivity contribution in [2.75, 3.05) is 13.1 Å². The van der Waals surface area contributed by atoms with Crippen LogP contribution < -0.4 is 5.73 Å². The van der Waals surface area contributed by atoms with Crippen molar-refractivity contribution >= 4 is 54.0 Å². The van der Waals surface area contributed by atoms with Crippen LogP contribution in [0.15, 0.2) is 30.3 Å². The van der Waals surface area contributed by atoms with E-state index in [1.165, 1.54) is 14.8 Å². The highest BCUT2D eigenvalue weighted by atomic mass is 32.1. The summed E-state index contributed by atoms with van der Waals surface area (Å²) in [6.45, 7) is 1.15. The molecule has 1 aliphatic heterocycles. The second-order valence-corrected chi connectivity index (χ2v) is 8.03. The zero-order valence-electron chi connectivity index (χ0n) is 12.5. The molecule has 1 saturated heterocycles. The highest BCUT2D eigenvalue weighted by Gasteiger charge is 2.28. The number of carbonyl (C=O) groups is 2. The topological polar surface area (TPSA) is 63.4 Å². The number of piperidine rings is 1. The van der Waals surface area contributed by atoms with Crippen molar-refractivity contribution in [3.8, 4) is 0 Å². The maximum atomic E-state index is 12.8. The lowest BCUT2D eigenvalue weighted by Crippen LogP contribution is -2.43. The molecule has 0 saturated carbocycles. The van der Waals surface area contributed by atoms with E-state index >= 15 is 0 Å². The van der Waals surface area contributed by atoms with Gasteiger partial charge >= 0.3 is 0 Å². The SMILES string of the molecule is NC(=O)C1CCCN(C(=O)c2cc3sc4ccccc4c3s2)C1. The van der Waals surface area contributed by atoms with E-state index in [2.05, 4.69) is 12.1 Å². The first-order valence-corrected chi connectivity index (χ1v) is 9.26. The third-order valence-corrected chi connectivity index (χ3v) is 6.77. The zero-order chi connectivity index (χ0) is 16.0. The average Bonchev–Trinajstić information content (AvgIpc) is 3.12. The number of rotatable bonds is 2. The number of thiophene rings is 2.